The van der Waals surface area contributed by atoms with Crippen molar-refractivity contribution in [1.29, 1.82) is 0 Å². The zero-order chi connectivity index (χ0) is 9.10. The van der Waals surface area contributed by atoms with Gasteiger partial charge in [0.1, 0.15) is 11.5 Å². The highest BCUT2D eigenvalue weighted by molar-refractivity contribution is 5.37. The summed E-state index contributed by atoms with van der Waals surface area (Å²) in [5.41, 5.74) is 1.00. The van der Waals surface area contributed by atoms with Gasteiger partial charge in [-0.1, -0.05) is 0 Å². The summed E-state index contributed by atoms with van der Waals surface area (Å²) in [4.78, 5) is 4.21. The van der Waals surface area contributed by atoms with Crippen molar-refractivity contribution in [3.63, 3.8) is 0 Å². The molecule has 0 aliphatic carbocycles. The van der Waals surface area contributed by atoms with Crippen LogP contribution >= 0.6 is 0 Å². The molecule has 2 heterocycles. The number of methoxy groups -OCH3 is 1. The highest BCUT2D eigenvalue weighted by Gasteiger charge is 2.13. The zero-order valence-corrected chi connectivity index (χ0v) is 7.45. The van der Waals surface area contributed by atoms with Gasteiger partial charge in [0.05, 0.1) is 18.5 Å². The van der Waals surface area contributed by atoms with E-state index in [0.717, 1.165) is 24.5 Å². The lowest BCUT2D eigenvalue weighted by atomic mass is 10.3. The minimum absolute atomic E-state index is 0.237. The molecule has 1 aromatic heterocycles. The zero-order valence-electron chi connectivity index (χ0n) is 7.45. The highest BCUT2D eigenvalue weighted by Crippen LogP contribution is 2.26. The monoisotopic (exact) mass is 181 g/mol. The number of nitrogens with zero attached hydrogens (tertiary/aromatic N) is 1. The molecule has 0 amide bonds. The number of rotatable bonds is 3. The fraction of sp³-hybridized carbons (Fsp3) is 0.444. The van der Waals surface area contributed by atoms with Gasteiger partial charge in [-0.05, 0) is 0 Å². The van der Waals surface area contributed by atoms with Gasteiger partial charge in [-0.2, -0.15) is 0 Å². The van der Waals surface area contributed by atoms with Crippen LogP contribution in [0.3, 0.4) is 0 Å². The Morgan fingerprint density at radius 1 is 1.62 bits per heavy atom. The maximum Gasteiger partial charge on any atom is 0.188 e. The topological polar surface area (TPSA) is 40.6 Å². The van der Waals surface area contributed by atoms with Gasteiger partial charge in [0.15, 0.2) is 6.79 Å². The van der Waals surface area contributed by atoms with Gasteiger partial charge in [-0.25, -0.2) is 0 Å². The second-order valence-electron chi connectivity index (χ2n) is 2.77. The Labute approximate surface area is 76.4 Å². The number of hydrogen-bond donors (Lipinski definition) is 0. The average Bonchev–Trinajstić information content (AvgIpc) is 2.61. The molecule has 0 radical (unpaired) electrons. The predicted molar refractivity (Wildman–Crippen MR) is 45.9 cm³/mol. The number of hydrogen-bond acceptors (Lipinski definition) is 4. The lowest BCUT2D eigenvalue weighted by Gasteiger charge is -2.05. The van der Waals surface area contributed by atoms with Crippen LogP contribution in [0.25, 0.3) is 0 Å². The SMILES string of the molecule is COCOc1cnc2c(c1)OCC2. The molecule has 13 heavy (non-hydrogen) atoms. The van der Waals surface area contributed by atoms with Gasteiger partial charge < -0.3 is 14.2 Å². The maximum absolute atomic E-state index is 5.34. The second kappa shape index (κ2) is 3.62. The molecule has 0 atom stereocenters. The molecule has 0 aromatic carbocycles. The third-order valence-corrected chi connectivity index (χ3v) is 1.85. The van der Waals surface area contributed by atoms with Crippen LogP contribution in [-0.4, -0.2) is 25.5 Å². The van der Waals surface area contributed by atoms with Crippen molar-refractivity contribution in [3.05, 3.63) is 18.0 Å². The summed E-state index contributed by atoms with van der Waals surface area (Å²) >= 11 is 0. The van der Waals surface area contributed by atoms with E-state index in [1.165, 1.54) is 0 Å². The Hall–Kier alpha value is -1.29. The van der Waals surface area contributed by atoms with Crippen molar-refractivity contribution in [2.24, 2.45) is 0 Å². The van der Waals surface area contributed by atoms with E-state index in [1.54, 1.807) is 13.3 Å². The Kier molecular flexibility index (Phi) is 2.31. The molecular formula is C9H11NO3. The molecule has 1 aliphatic heterocycles. The van der Waals surface area contributed by atoms with E-state index in [2.05, 4.69) is 4.98 Å². The van der Waals surface area contributed by atoms with Crippen molar-refractivity contribution in [2.45, 2.75) is 6.42 Å². The molecule has 4 heteroatoms. The van der Waals surface area contributed by atoms with E-state index in [9.17, 15) is 0 Å². The predicted octanol–water partition coefficient (Wildman–Crippen LogP) is 0.999. The molecule has 1 aliphatic rings. The normalized spacial score (nSPS) is 13.6. The Morgan fingerprint density at radius 2 is 2.54 bits per heavy atom. The molecule has 2 rings (SSSR count). The molecule has 0 fully saturated rings. The van der Waals surface area contributed by atoms with Gasteiger partial charge in [0, 0.05) is 19.6 Å². The lowest BCUT2D eigenvalue weighted by Crippen LogP contribution is -1.99. The lowest BCUT2D eigenvalue weighted by molar-refractivity contribution is 0.0507. The number of aromatic nitrogens is 1. The molecular weight excluding hydrogens is 170 g/mol. The minimum atomic E-state index is 0.237. The minimum Gasteiger partial charge on any atom is -0.491 e. The summed E-state index contributed by atoms with van der Waals surface area (Å²) in [7, 11) is 1.58. The van der Waals surface area contributed by atoms with Crippen LogP contribution in [0.15, 0.2) is 12.3 Å². The van der Waals surface area contributed by atoms with E-state index in [4.69, 9.17) is 14.2 Å². The van der Waals surface area contributed by atoms with Crippen molar-refractivity contribution in [3.8, 4) is 11.5 Å². The first-order chi connectivity index (χ1) is 6.40. The smallest absolute Gasteiger partial charge is 0.188 e. The summed E-state index contributed by atoms with van der Waals surface area (Å²) in [6.45, 7) is 0.955. The largest absolute Gasteiger partial charge is 0.491 e. The first-order valence-corrected chi connectivity index (χ1v) is 4.13. The van der Waals surface area contributed by atoms with Crippen LogP contribution in [0.5, 0.6) is 11.5 Å². The first kappa shape index (κ1) is 8.31. The number of ether oxygens (including phenoxy) is 3. The number of pyridine rings is 1. The molecule has 0 N–H and O–H groups in total. The summed E-state index contributed by atoms with van der Waals surface area (Å²) < 4.78 is 15.3. The Morgan fingerprint density at radius 3 is 3.38 bits per heavy atom. The molecule has 0 spiro atoms. The average molecular weight is 181 g/mol. The molecule has 0 saturated heterocycles. The third-order valence-electron chi connectivity index (χ3n) is 1.85. The molecule has 4 nitrogen and oxygen atoms in total. The van der Waals surface area contributed by atoms with E-state index >= 15 is 0 Å². The third kappa shape index (κ3) is 1.72. The maximum atomic E-state index is 5.34. The van der Waals surface area contributed by atoms with Crippen LogP contribution in [0, 0.1) is 0 Å². The fourth-order valence-electron chi connectivity index (χ4n) is 1.23. The van der Waals surface area contributed by atoms with Crippen molar-refractivity contribution >= 4 is 0 Å². The summed E-state index contributed by atoms with van der Waals surface area (Å²) in [5.74, 6) is 1.51. The molecule has 0 saturated carbocycles. The standard InChI is InChI=1S/C9H11NO3/c1-11-6-13-7-4-9-8(10-5-7)2-3-12-9/h4-5H,2-3,6H2,1H3. The van der Waals surface area contributed by atoms with Gasteiger partial charge in [-0.3, -0.25) is 4.98 Å². The van der Waals surface area contributed by atoms with Crippen molar-refractivity contribution in [1.82, 2.24) is 4.98 Å². The van der Waals surface area contributed by atoms with E-state index in [1.807, 2.05) is 6.07 Å². The Balaban J connectivity index is 2.12. The van der Waals surface area contributed by atoms with Crippen molar-refractivity contribution < 1.29 is 14.2 Å². The number of fused-ring (bicyclic) bond motifs is 1. The molecule has 0 bridgehead atoms. The summed E-state index contributed by atoms with van der Waals surface area (Å²) in [5, 5.41) is 0. The van der Waals surface area contributed by atoms with Gasteiger partial charge in [-0.15, -0.1) is 0 Å². The fourth-order valence-corrected chi connectivity index (χ4v) is 1.23. The van der Waals surface area contributed by atoms with Gasteiger partial charge in [0.25, 0.3) is 0 Å². The van der Waals surface area contributed by atoms with E-state index in [-0.39, 0.29) is 6.79 Å². The van der Waals surface area contributed by atoms with Crippen LogP contribution in [0.1, 0.15) is 5.69 Å². The van der Waals surface area contributed by atoms with Crippen LogP contribution in [0.4, 0.5) is 0 Å². The summed E-state index contributed by atoms with van der Waals surface area (Å²) in [6, 6.07) is 1.84. The van der Waals surface area contributed by atoms with Crippen LogP contribution in [-0.2, 0) is 11.2 Å². The van der Waals surface area contributed by atoms with E-state index < -0.39 is 0 Å². The molecule has 1 aromatic rings. The van der Waals surface area contributed by atoms with Gasteiger partial charge >= 0.3 is 0 Å². The molecule has 70 valence electrons. The van der Waals surface area contributed by atoms with E-state index in [0.29, 0.717) is 5.75 Å². The molecule has 0 unspecified atom stereocenters. The summed E-state index contributed by atoms with van der Waals surface area (Å²) in [6.07, 6.45) is 2.58. The van der Waals surface area contributed by atoms with Gasteiger partial charge in [0.2, 0.25) is 0 Å². The quantitative estimate of drug-likeness (QED) is 0.652. The first-order valence-electron chi connectivity index (χ1n) is 4.13. The van der Waals surface area contributed by atoms with Crippen LogP contribution < -0.4 is 9.47 Å². The highest BCUT2D eigenvalue weighted by atomic mass is 16.7. The van der Waals surface area contributed by atoms with Crippen molar-refractivity contribution in [2.75, 3.05) is 20.5 Å². The second-order valence-corrected chi connectivity index (χ2v) is 2.77. The Bertz CT molecular complexity index is 301. The van der Waals surface area contributed by atoms with Crippen LogP contribution in [0.2, 0.25) is 0 Å².